The normalized spacial score (nSPS) is 10.1. The van der Waals surface area contributed by atoms with Gasteiger partial charge in [0.15, 0.2) is 5.82 Å². The Balaban J connectivity index is 2.40. The quantitative estimate of drug-likeness (QED) is 0.873. The molecule has 0 amide bonds. The zero-order valence-corrected chi connectivity index (χ0v) is 11.6. The lowest BCUT2D eigenvalue weighted by molar-refractivity contribution is 0.585. The van der Waals surface area contributed by atoms with Crippen molar-refractivity contribution in [3.05, 3.63) is 57.6 Å². The first-order valence-electron chi connectivity index (χ1n) is 5.44. The molecule has 0 aliphatic rings. The molecule has 2 aromatic carbocycles. The minimum atomic E-state index is -0.663. The van der Waals surface area contributed by atoms with Crippen LogP contribution in [0.3, 0.4) is 0 Å². The van der Waals surface area contributed by atoms with Gasteiger partial charge < -0.3 is 5.32 Å². The third-order valence-corrected chi connectivity index (χ3v) is 3.30. The van der Waals surface area contributed by atoms with E-state index in [-0.39, 0.29) is 5.69 Å². The van der Waals surface area contributed by atoms with Gasteiger partial charge in [-0.15, -0.1) is 0 Å². The molecule has 0 aliphatic heterocycles. The van der Waals surface area contributed by atoms with Gasteiger partial charge in [0.25, 0.3) is 0 Å². The van der Waals surface area contributed by atoms with Crippen molar-refractivity contribution in [3.63, 3.8) is 0 Å². The maximum absolute atomic E-state index is 13.8. The number of halogens is 3. The van der Waals surface area contributed by atoms with Crippen molar-refractivity contribution in [1.82, 2.24) is 0 Å². The number of nitrogens with one attached hydrogen (secondary N) is 1. The number of hydrogen-bond acceptors (Lipinski definition) is 2. The summed E-state index contributed by atoms with van der Waals surface area (Å²) in [5, 5.41) is 11.5. The Hall–Kier alpha value is -1.93. The zero-order valence-electron chi connectivity index (χ0n) is 9.97. The minimum absolute atomic E-state index is 0.198. The first kappa shape index (κ1) is 13.5. The Morgan fingerprint density at radius 3 is 2.58 bits per heavy atom. The number of aryl methyl sites for hydroxylation is 1. The van der Waals surface area contributed by atoms with Crippen LogP contribution in [0.5, 0.6) is 0 Å². The topological polar surface area (TPSA) is 35.8 Å². The van der Waals surface area contributed by atoms with E-state index in [1.165, 1.54) is 12.1 Å². The highest BCUT2D eigenvalue weighted by molar-refractivity contribution is 9.10. The molecule has 0 saturated carbocycles. The molecule has 0 heterocycles. The lowest BCUT2D eigenvalue weighted by Crippen LogP contribution is -1.99. The van der Waals surface area contributed by atoms with Gasteiger partial charge in [-0.3, -0.25) is 0 Å². The number of rotatable bonds is 2. The van der Waals surface area contributed by atoms with E-state index in [0.29, 0.717) is 21.3 Å². The Morgan fingerprint density at radius 1 is 1.21 bits per heavy atom. The smallest absolute Gasteiger partial charge is 0.152 e. The molecule has 0 radical (unpaired) electrons. The van der Waals surface area contributed by atoms with Crippen LogP contribution in [-0.2, 0) is 0 Å². The van der Waals surface area contributed by atoms with Crippen molar-refractivity contribution < 1.29 is 8.78 Å². The second kappa shape index (κ2) is 5.37. The molecule has 0 bridgehead atoms. The number of nitriles is 1. The summed E-state index contributed by atoms with van der Waals surface area (Å²) in [7, 11) is 0. The standard InChI is InChI=1S/C14H9BrF2N2/c1-8-2-5-12(16)14(13(8)17)19-10-4-3-9(7-18)11(15)6-10/h2-6,19H,1H3. The van der Waals surface area contributed by atoms with Gasteiger partial charge in [-0.1, -0.05) is 6.07 Å². The molecule has 0 aliphatic carbocycles. The van der Waals surface area contributed by atoms with E-state index in [4.69, 9.17) is 5.26 Å². The number of nitrogens with zero attached hydrogens (tertiary/aromatic N) is 1. The summed E-state index contributed by atoms with van der Waals surface area (Å²) in [6.07, 6.45) is 0. The molecule has 2 rings (SSSR count). The Bertz CT molecular complexity index is 678. The van der Waals surface area contributed by atoms with Gasteiger partial charge in [0.05, 0.1) is 5.56 Å². The van der Waals surface area contributed by atoms with Crippen molar-refractivity contribution in [2.45, 2.75) is 6.92 Å². The highest BCUT2D eigenvalue weighted by Crippen LogP contribution is 2.28. The molecule has 0 spiro atoms. The molecule has 0 fully saturated rings. The van der Waals surface area contributed by atoms with Crippen LogP contribution in [-0.4, -0.2) is 0 Å². The van der Waals surface area contributed by atoms with E-state index in [2.05, 4.69) is 21.2 Å². The van der Waals surface area contributed by atoms with Crippen LogP contribution in [0.4, 0.5) is 20.2 Å². The maximum atomic E-state index is 13.8. The molecule has 2 nitrogen and oxygen atoms in total. The third-order valence-electron chi connectivity index (χ3n) is 2.64. The van der Waals surface area contributed by atoms with Gasteiger partial charge in [0, 0.05) is 10.2 Å². The second-order valence-electron chi connectivity index (χ2n) is 3.98. The second-order valence-corrected chi connectivity index (χ2v) is 4.84. The SMILES string of the molecule is Cc1ccc(F)c(Nc2ccc(C#N)c(Br)c2)c1F. The Morgan fingerprint density at radius 2 is 1.95 bits per heavy atom. The minimum Gasteiger partial charge on any atom is -0.351 e. The monoisotopic (exact) mass is 322 g/mol. The Kier molecular flexibility index (Phi) is 3.82. The predicted molar refractivity (Wildman–Crippen MR) is 73.2 cm³/mol. The van der Waals surface area contributed by atoms with Crippen LogP contribution in [0.15, 0.2) is 34.8 Å². The third kappa shape index (κ3) is 2.74. The zero-order chi connectivity index (χ0) is 14.0. The largest absolute Gasteiger partial charge is 0.351 e. The van der Waals surface area contributed by atoms with E-state index in [1.54, 1.807) is 25.1 Å². The summed E-state index contributed by atoms with van der Waals surface area (Å²) in [5.74, 6) is -1.29. The lowest BCUT2D eigenvalue weighted by atomic mass is 10.1. The van der Waals surface area contributed by atoms with E-state index in [0.717, 1.165) is 0 Å². The molecular weight excluding hydrogens is 314 g/mol. The fraction of sp³-hybridized carbons (Fsp3) is 0.0714. The van der Waals surface area contributed by atoms with E-state index < -0.39 is 11.6 Å². The molecule has 0 saturated heterocycles. The average molecular weight is 323 g/mol. The first-order chi connectivity index (χ1) is 9.02. The van der Waals surface area contributed by atoms with E-state index in [9.17, 15) is 8.78 Å². The van der Waals surface area contributed by atoms with Crippen LogP contribution in [0, 0.1) is 29.9 Å². The highest BCUT2D eigenvalue weighted by atomic mass is 79.9. The van der Waals surface area contributed by atoms with Gasteiger partial charge in [0.1, 0.15) is 17.6 Å². The van der Waals surface area contributed by atoms with Gasteiger partial charge in [-0.05, 0) is 52.7 Å². The first-order valence-corrected chi connectivity index (χ1v) is 6.23. The average Bonchev–Trinajstić information content (AvgIpc) is 2.39. The summed E-state index contributed by atoms with van der Waals surface area (Å²) in [4.78, 5) is 0. The number of anilines is 2. The summed E-state index contributed by atoms with van der Waals surface area (Å²) in [6.45, 7) is 1.56. The molecule has 0 unspecified atom stereocenters. The molecule has 0 atom stereocenters. The molecule has 96 valence electrons. The van der Waals surface area contributed by atoms with Crippen molar-refractivity contribution in [2.24, 2.45) is 0 Å². The van der Waals surface area contributed by atoms with Crippen LogP contribution >= 0.6 is 15.9 Å². The molecule has 5 heteroatoms. The molecule has 19 heavy (non-hydrogen) atoms. The van der Waals surface area contributed by atoms with Crippen molar-refractivity contribution >= 4 is 27.3 Å². The fourth-order valence-corrected chi connectivity index (χ4v) is 2.07. The molecular formula is C14H9BrF2N2. The Labute approximate surface area is 117 Å². The van der Waals surface area contributed by atoms with Gasteiger partial charge in [-0.25, -0.2) is 8.78 Å². The van der Waals surface area contributed by atoms with Crippen molar-refractivity contribution in [2.75, 3.05) is 5.32 Å². The fourth-order valence-electron chi connectivity index (χ4n) is 1.60. The summed E-state index contributed by atoms with van der Waals surface area (Å²) in [5.41, 5.74) is 1.11. The summed E-state index contributed by atoms with van der Waals surface area (Å²) < 4.78 is 28.0. The summed E-state index contributed by atoms with van der Waals surface area (Å²) >= 11 is 3.22. The van der Waals surface area contributed by atoms with Crippen LogP contribution < -0.4 is 5.32 Å². The molecule has 1 N–H and O–H groups in total. The van der Waals surface area contributed by atoms with Crippen LogP contribution in [0.2, 0.25) is 0 Å². The van der Waals surface area contributed by atoms with Crippen molar-refractivity contribution in [3.8, 4) is 6.07 Å². The van der Waals surface area contributed by atoms with Gasteiger partial charge in [-0.2, -0.15) is 5.26 Å². The lowest BCUT2D eigenvalue weighted by Gasteiger charge is -2.11. The predicted octanol–water partition coefficient (Wildman–Crippen LogP) is 4.65. The van der Waals surface area contributed by atoms with Crippen LogP contribution in [0.25, 0.3) is 0 Å². The molecule has 0 aromatic heterocycles. The van der Waals surface area contributed by atoms with Crippen molar-refractivity contribution in [1.29, 1.82) is 5.26 Å². The highest BCUT2D eigenvalue weighted by Gasteiger charge is 2.12. The van der Waals surface area contributed by atoms with E-state index in [1.807, 2.05) is 6.07 Å². The summed E-state index contributed by atoms with van der Waals surface area (Å²) in [6, 6.07) is 9.33. The van der Waals surface area contributed by atoms with E-state index >= 15 is 0 Å². The maximum Gasteiger partial charge on any atom is 0.152 e. The van der Waals surface area contributed by atoms with Gasteiger partial charge >= 0.3 is 0 Å². The molecule has 2 aromatic rings. The number of benzene rings is 2. The number of hydrogen-bond donors (Lipinski definition) is 1. The van der Waals surface area contributed by atoms with Gasteiger partial charge in [0.2, 0.25) is 0 Å². The van der Waals surface area contributed by atoms with Crippen LogP contribution in [0.1, 0.15) is 11.1 Å².